The van der Waals surface area contributed by atoms with Crippen molar-refractivity contribution in [2.75, 3.05) is 19.7 Å². The van der Waals surface area contributed by atoms with Crippen LogP contribution in [0.3, 0.4) is 0 Å². The molecule has 0 aliphatic carbocycles. The van der Waals surface area contributed by atoms with Gasteiger partial charge < -0.3 is 14.6 Å². The number of amides is 1. The van der Waals surface area contributed by atoms with E-state index in [1.165, 1.54) is 10.9 Å². The van der Waals surface area contributed by atoms with E-state index in [-0.39, 0.29) is 12.0 Å². The van der Waals surface area contributed by atoms with E-state index >= 15 is 0 Å². The summed E-state index contributed by atoms with van der Waals surface area (Å²) in [7, 11) is 1.77. The molecule has 25 heavy (non-hydrogen) atoms. The second-order valence-electron chi connectivity index (χ2n) is 6.22. The first kappa shape index (κ1) is 15.8. The summed E-state index contributed by atoms with van der Waals surface area (Å²) in [5, 5.41) is 12.6. The van der Waals surface area contributed by atoms with Gasteiger partial charge in [-0.25, -0.2) is 4.68 Å². The number of tetrazole rings is 1. The molecule has 2 aromatic heterocycles. The van der Waals surface area contributed by atoms with E-state index in [1.807, 2.05) is 29.3 Å². The van der Waals surface area contributed by atoms with Gasteiger partial charge in [0.15, 0.2) is 5.82 Å². The molecule has 1 fully saturated rings. The van der Waals surface area contributed by atoms with Crippen LogP contribution in [0, 0.1) is 0 Å². The minimum atomic E-state index is -0.272. The van der Waals surface area contributed by atoms with Crippen molar-refractivity contribution in [3.8, 4) is 0 Å². The number of hydrogen-bond donors (Lipinski definition) is 1. The molecule has 1 unspecified atom stereocenters. The van der Waals surface area contributed by atoms with Crippen molar-refractivity contribution >= 4 is 16.8 Å². The first-order valence-electron chi connectivity index (χ1n) is 8.39. The Kier molecular flexibility index (Phi) is 4.19. The number of ether oxygens (including phenoxy) is 1. The first-order valence-corrected chi connectivity index (χ1v) is 8.39. The fourth-order valence-corrected chi connectivity index (χ4v) is 3.28. The zero-order valence-electron chi connectivity index (χ0n) is 14.1. The Bertz CT molecular complexity index is 886. The number of carbonyl (C=O) groups is 1. The van der Waals surface area contributed by atoms with Crippen LogP contribution in [0.4, 0.5) is 0 Å². The lowest BCUT2D eigenvalue weighted by molar-refractivity contribution is -0.139. The number of hydrogen-bond acceptors (Lipinski definition) is 5. The van der Waals surface area contributed by atoms with E-state index in [1.54, 1.807) is 11.7 Å². The minimum Gasteiger partial charge on any atom is -0.366 e. The highest BCUT2D eigenvalue weighted by molar-refractivity contribution is 5.84. The van der Waals surface area contributed by atoms with Crippen LogP contribution < -0.4 is 0 Å². The molecule has 1 saturated heterocycles. The number of aryl methyl sites for hydroxylation is 2. The molecule has 0 spiro atoms. The molecule has 0 saturated carbocycles. The molecular formula is C17H20N6O2. The maximum atomic E-state index is 12.6. The number of H-pyrrole nitrogens is 1. The normalized spacial score (nSPS) is 18.0. The molecule has 130 valence electrons. The molecule has 1 aromatic carbocycles. The Hall–Kier alpha value is -2.74. The number of morpholine rings is 1. The topological polar surface area (TPSA) is 88.9 Å². The lowest BCUT2D eigenvalue weighted by atomic mass is 10.1. The zero-order chi connectivity index (χ0) is 17.2. The van der Waals surface area contributed by atoms with E-state index in [9.17, 15) is 4.79 Å². The van der Waals surface area contributed by atoms with Gasteiger partial charge in [-0.2, -0.15) is 0 Å². The highest BCUT2D eigenvalue weighted by Gasteiger charge is 2.28. The molecule has 0 radical (unpaired) electrons. The summed E-state index contributed by atoms with van der Waals surface area (Å²) in [6, 6.07) is 8.14. The van der Waals surface area contributed by atoms with E-state index in [0.717, 1.165) is 11.9 Å². The average molecular weight is 340 g/mol. The van der Waals surface area contributed by atoms with Gasteiger partial charge in [0.1, 0.15) is 6.10 Å². The predicted octanol–water partition coefficient (Wildman–Crippen LogP) is 1.22. The highest BCUT2D eigenvalue weighted by atomic mass is 16.5. The number of carbonyl (C=O) groups excluding carboxylic acids is 1. The van der Waals surface area contributed by atoms with Crippen LogP contribution in [0.5, 0.6) is 0 Å². The summed E-state index contributed by atoms with van der Waals surface area (Å²) in [5.41, 5.74) is 2.28. The summed E-state index contributed by atoms with van der Waals surface area (Å²) in [6.07, 6.45) is 2.92. The molecule has 1 N–H and O–H groups in total. The molecule has 3 heterocycles. The molecular weight excluding hydrogens is 320 g/mol. The Morgan fingerprint density at radius 3 is 3.12 bits per heavy atom. The minimum absolute atomic E-state index is 0.133. The SMILES string of the molecule is Cn1nnnc1C1CN(C(=O)CCc2c[nH]c3ccccc23)CCO1. The first-order chi connectivity index (χ1) is 12.2. The monoisotopic (exact) mass is 340 g/mol. The predicted molar refractivity (Wildman–Crippen MR) is 90.7 cm³/mol. The number of nitrogens with one attached hydrogen (secondary N) is 1. The van der Waals surface area contributed by atoms with Crippen LogP contribution in [0.2, 0.25) is 0 Å². The van der Waals surface area contributed by atoms with Gasteiger partial charge in [0, 0.05) is 37.1 Å². The number of aromatic nitrogens is 5. The molecule has 1 atom stereocenters. The summed E-state index contributed by atoms with van der Waals surface area (Å²) in [6.45, 7) is 1.59. The Morgan fingerprint density at radius 1 is 1.40 bits per heavy atom. The number of nitrogens with zero attached hydrogens (tertiary/aromatic N) is 5. The van der Waals surface area contributed by atoms with Gasteiger partial charge in [0.05, 0.1) is 13.2 Å². The fraction of sp³-hybridized carbons (Fsp3) is 0.412. The van der Waals surface area contributed by atoms with E-state index in [4.69, 9.17) is 4.74 Å². The summed E-state index contributed by atoms with van der Waals surface area (Å²) < 4.78 is 7.32. The maximum absolute atomic E-state index is 12.6. The molecule has 8 heteroatoms. The van der Waals surface area contributed by atoms with Crippen LogP contribution in [0.1, 0.15) is 23.9 Å². The molecule has 8 nitrogen and oxygen atoms in total. The van der Waals surface area contributed by atoms with Crippen molar-refractivity contribution in [3.63, 3.8) is 0 Å². The molecule has 0 bridgehead atoms. The van der Waals surface area contributed by atoms with E-state index in [0.29, 0.717) is 31.9 Å². The molecule has 1 aliphatic heterocycles. The molecule has 1 amide bonds. The number of aromatic amines is 1. The second kappa shape index (κ2) is 6.64. The van der Waals surface area contributed by atoms with Crippen molar-refractivity contribution in [1.29, 1.82) is 0 Å². The van der Waals surface area contributed by atoms with Gasteiger partial charge in [0.25, 0.3) is 0 Å². The summed E-state index contributed by atoms with van der Waals surface area (Å²) in [5.74, 6) is 0.780. The van der Waals surface area contributed by atoms with E-state index < -0.39 is 0 Å². The van der Waals surface area contributed by atoms with Gasteiger partial charge in [-0.3, -0.25) is 4.79 Å². The second-order valence-corrected chi connectivity index (χ2v) is 6.22. The van der Waals surface area contributed by atoms with Crippen LogP contribution >= 0.6 is 0 Å². The molecule has 4 rings (SSSR count). The van der Waals surface area contributed by atoms with Crippen molar-refractivity contribution in [2.45, 2.75) is 18.9 Å². The van der Waals surface area contributed by atoms with Crippen molar-refractivity contribution < 1.29 is 9.53 Å². The molecule has 3 aromatic rings. The quantitative estimate of drug-likeness (QED) is 0.771. The summed E-state index contributed by atoms with van der Waals surface area (Å²) in [4.78, 5) is 17.7. The maximum Gasteiger partial charge on any atom is 0.223 e. The number of benzene rings is 1. The van der Waals surface area contributed by atoms with Crippen LogP contribution in [0.25, 0.3) is 10.9 Å². The Morgan fingerprint density at radius 2 is 2.28 bits per heavy atom. The lowest BCUT2D eigenvalue weighted by Crippen LogP contribution is -2.43. The zero-order valence-corrected chi connectivity index (χ0v) is 14.1. The number of para-hydroxylation sites is 1. The van der Waals surface area contributed by atoms with Crippen LogP contribution in [-0.2, 0) is 23.0 Å². The third-order valence-corrected chi connectivity index (χ3v) is 4.64. The molecule has 1 aliphatic rings. The van der Waals surface area contributed by atoms with Gasteiger partial charge >= 0.3 is 0 Å². The van der Waals surface area contributed by atoms with Crippen molar-refractivity contribution in [1.82, 2.24) is 30.1 Å². The van der Waals surface area contributed by atoms with Crippen molar-refractivity contribution in [3.05, 3.63) is 41.9 Å². The number of rotatable bonds is 4. The third kappa shape index (κ3) is 3.12. The fourth-order valence-electron chi connectivity index (χ4n) is 3.28. The van der Waals surface area contributed by atoms with Crippen LogP contribution in [0.15, 0.2) is 30.5 Å². The highest BCUT2D eigenvalue weighted by Crippen LogP contribution is 2.22. The summed E-state index contributed by atoms with van der Waals surface area (Å²) >= 11 is 0. The lowest BCUT2D eigenvalue weighted by Gasteiger charge is -2.32. The average Bonchev–Trinajstić information content (AvgIpc) is 3.26. The Labute approximate surface area is 144 Å². The largest absolute Gasteiger partial charge is 0.366 e. The van der Waals surface area contributed by atoms with E-state index in [2.05, 4.69) is 26.6 Å². The van der Waals surface area contributed by atoms with Gasteiger partial charge in [-0.1, -0.05) is 18.2 Å². The van der Waals surface area contributed by atoms with Crippen molar-refractivity contribution in [2.24, 2.45) is 7.05 Å². The smallest absolute Gasteiger partial charge is 0.223 e. The third-order valence-electron chi connectivity index (χ3n) is 4.64. The number of fused-ring (bicyclic) bond motifs is 1. The van der Waals surface area contributed by atoms with Gasteiger partial charge in [-0.15, -0.1) is 5.10 Å². The van der Waals surface area contributed by atoms with Gasteiger partial charge in [0.2, 0.25) is 5.91 Å². The van der Waals surface area contributed by atoms with Crippen LogP contribution in [-0.4, -0.2) is 55.7 Å². The van der Waals surface area contributed by atoms with Gasteiger partial charge in [-0.05, 0) is 28.5 Å². The Balaban J connectivity index is 1.40. The standard InChI is InChI=1S/C17H20N6O2/c1-22-17(19-20-21-22)15-11-23(8-9-25-15)16(24)7-6-12-10-18-14-5-3-2-4-13(12)14/h2-5,10,15,18H,6-9,11H2,1H3.